The molecule has 2 unspecified atom stereocenters. The number of aromatic nitrogens is 2. The number of nitrogens with one attached hydrogen (secondary N) is 1. The molecule has 0 amide bonds. The molecule has 2 fully saturated rings. The van der Waals surface area contributed by atoms with Crippen molar-refractivity contribution in [3.8, 4) is 11.1 Å². The number of benzene rings is 1. The summed E-state index contributed by atoms with van der Waals surface area (Å²) in [6.07, 6.45) is 2.67. The normalized spacial score (nSPS) is 22.9. The highest BCUT2D eigenvalue weighted by Gasteiger charge is 2.41. The van der Waals surface area contributed by atoms with Crippen molar-refractivity contribution in [3.63, 3.8) is 0 Å². The van der Waals surface area contributed by atoms with Crippen molar-refractivity contribution in [2.24, 2.45) is 11.8 Å². The third-order valence-corrected chi connectivity index (χ3v) is 6.52. The van der Waals surface area contributed by atoms with Crippen LogP contribution in [-0.4, -0.2) is 28.0 Å². The van der Waals surface area contributed by atoms with Gasteiger partial charge in [0.1, 0.15) is 10.7 Å². The van der Waals surface area contributed by atoms with E-state index in [1.165, 1.54) is 24.2 Å². The van der Waals surface area contributed by atoms with Crippen molar-refractivity contribution in [2.45, 2.75) is 19.4 Å². The van der Waals surface area contributed by atoms with E-state index in [2.05, 4.69) is 9.88 Å². The summed E-state index contributed by atoms with van der Waals surface area (Å²) in [5.41, 5.74) is 1.87. The molecule has 0 radical (unpaired) electrons. The monoisotopic (exact) mass is 371 g/mol. The van der Waals surface area contributed by atoms with E-state index in [4.69, 9.17) is 16.6 Å². The standard InChI is InChI=1S/C19H18ClN3OS/c20-14-3-1-11(2-4-14)15-10-25-19-17(15)18(24)21-16(22-19)9-23-6-5-12-7-13(12)8-23/h1-4,10,12-13H,5-9H2,(H,21,22,24). The lowest BCUT2D eigenvalue weighted by Gasteiger charge is -2.25. The Morgan fingerprint density at radius 1 is 1.28 bits per heavy atom. The molecule has 1 aromatic carbocycles. The van der Waals surface area contributed by atoms with Crippen LogP contribution in [0.1, 0.15) is 18.7 Å². The van der Waals surface area contributed by atoms with Gasteiger partial charge in [0.25, 0.3) is 5.56 Å². The second kappa shape index (κ2) is 5.94. The number of H-pyrrole nitrogens is 1. The first-order chi connectivity index (χ1) is 12.2. The number of thiophene rings is 1. The second-order valence-electron chi connectivity index (χ2n) is 7.13. The van der Waals surface area contributed by atoms with Gasteiger partial charge in [0, 0.05) is 22.5 Å². The summed E-state index contributed by atoms with van der Waals surface area (Å²) in [5.74, 6) is 2.62. The molecular weight excluding hydrogens is 354 g/mol. The molecule has 0 bridgehead atoms. The van der Waals surface area contributed by atoms with E-state index in [-0.39, 0.29) is 5.56 Å². The maximum absolute atomic E-state index is 12.7. The first-order valence-corrected chi connectivity index (χ1v) is 9.92. The van der Waals surface area contributed by atoms with Crippen molar-refractivity contribution in [1.29, 1.82) is 0 Å². The number of halogens is 1. The van der Waals surface area contributed by atoms with Crippen LogP contribution < -0.4 is 5.56 Å². The van der Waals surface area contributed by atoms with Crippen molar-refractivity contribution in [1.82, 2.24) is 14.9 Å². The van der Waals surface area contributed by atoms with Crippen LogP contribution in [0.5, 0.6) is 0 Å². The summed E-state index contributed by atoms with van der Waals surface area (Å²) >= 11 is 7.50. The van der Waals surface area contributed by atoms with Gasteiger partial charge in [-0.2, -0.15) is 0 Å². The van der Waals surface area contributed by atoms with Crippen LogP contribution in [-0.2, 0) is 6.54 Å². The number of fused-ring (bicyclic) bond motifs is 2. The molecule has 1 aliphatic carbocycles. The van der Waals surface area contributed by atoms with Gasteiger partial charge in [0.05, 0.1) is 11.9 Å². The molecule has 1 saturated carbocycles. The molecule has 5 rings (SSSR count). The zero-order valence-electron chi connectivity index (χ0n) is 13.7. The summed E-state index contributed by atoms with van der Waals surface area (Å²) in [6.45, 7) is 3.00. The molecule has 2 aliphatic rings. The Morgan fingerprint density at radius 3 is 2.92 bits per heavy atom. The molecule has 6 heteroatoms. The SMILES string of the molecule is O=c1[nH]c(CN2CCC3CC3C2)nc2scc(-c3ccc(Cl)cc3)c12. The Labute approximate surface area is 154 Å². The van der Waals surface area contributed by atoms with Gasteiger partial charge in [-0.3, -0.25) is 9.69 Å². The summed E-state index contributed by atoms with van der Waals surface area (Å²) in [7, 11) is 0. The van der Waals surface area contributed by atoms with Crippen LogP contribution in [0.15, 0.2) is 34.4 Å². The summed E-state index contributed by atoms with van der Waals surface area (Å²) in [5, 5.41) is 3.38. The molecule has 3 aromatic rings. The highest BCUT2D eigenvalue weighted by Crippen LogP contribution is 2.45. The van der Waals surface area contributed by atoms with E-state index < -0.39 is 0 Å². The fourth-order valence-corrected chi connectivity index (χ4v) is 5.02. The Kier molecular flexibility index (Phi) is 3.69. The minimum atomic E-state index is -0.0486. The lowest BCUT2D eigenvalue weighted by Crippen LogP contribution is -2.32. The number of aromatic amines is 1. The molecule has 128 valence electrons. The third kappa shape index (κ3) is 2.90. The Hall–Kier alpha value is -1.69. The highest BCUT2D eigenvalue weighted by atomic mass is 35.5. The zero-order chi connectivity index (χ0) is 17.0. The Balaban J connectivity index is 1.48. The van der Waals surface area contributed by atoms with Crippen LogP contribution in [0.3, 0.4) is 0 Å². The molecule has 1 N–H and O–H groups in total. The van der Waals surface area contributed by atoms with Crippen LogP contribution >= 0.6 is 22.9 Å². The fraction of sp³-hybridized carbons (Fsp3) is 0.368. The molecule has 0 spiro atoms. The lowest BCUT2D eigenvalue weighted by atomic mass is 10.1. The Bertz CT molecular complexity index is 994. The van der Waals surface area contributed by atoms with Gasteiger partial charge in [-0.15, -0.1) is 11.3 Å². The van der Waals surface area contributed by atoms with Gasteiger partial charge in [0.15, 0.2) is 0 Å². The molecule has 2 atom stereocenters. The molecule has 25 heavy (non-hydrogen) atoms. The highest BCUT2D eigenvalue weighted by molar-refractivity contribution is 7.17. The first kappa shape index (κ1) is 15.6. The van der Waals surface area contributed by atoms with Gasteiger partial charge in [-0.1, -0.05) is 23.7 Å². The van der Waals surface area contributed by atoms with Gasteiger partial charge >= 0.3 is 0 Å². The van der Waals surface area contributed by atoms with Crippen molar-refractivity contribution in [3.05, 3.63) is 50.8 Å². The van der Waals surface area contributed by atoms with Gasteiger partial charge in [0.2, 0.25) is 0 Å². The van der Waals surface area contributed by atoms with Crippen LogP contribution in [0.2, 0.25) is 5.02 Å². The fourth-order valence-electron chi connectivity index (χ4n) is 3.92. The van der Waals surface area contributed by atoms with E-state index >= 15 is 0 Å². The van der Waals surface area contributed by atoms with E-state index in [1.807, 2.05) is 29.6 Å². The largest absolute Gasteiger partial charge is 0.309 e. The maximum atomic E-state index is 12.7. The smallest absolute Gasteiger partial charge is 0.260 e. The van der Waals surface area contributed by atoms with E-state index in [1.54, 1.807) is 0 Å². The lowest BCUT2D eigenvalue weighted by molar-refractivity contribution is 0.207. The van der Waals surface area contributed by atoms with Crippen LogP contribution in [0, 0.1) is 11.8 Å². The van der Waals surface area contributed by atoms with Crippen molar-refractivity contribution in [2.75, 3.05) is 13.1 Å². The first-order valence-electron chi connectivity index (χ1n) is 8.66. The second-order valence-corrected chi connectivity index (χ2v) is 8.42. The number of likely N-dealkylation sites (tertiary alicyclic amines) is 1. The topological polar surface area (TPSA) is 49.0 Å². The summed E-state index contributed by atoms with van der Waals surface area (Å²) < 4.78 is 0. The zero-order valence-corrected chi connectivity index (χ0v) is 15.2. The van der Waals surface area contributed by atoms with E-state index in [0.29, 0.717) is 10.4 Å². The predicted molar refractivity (Wildman–Crippen MR) is 102 cm³/mol. The molecule has 4 nitrogen and oxygen atoms in total. The minimum Gasteiger partial charge on any atom is -0.309 e. The average Bonchev–Trinajstić information content (AvgIpc) is 3.24. The van der Waals surface area contributed by atoms with E-state index in [9.17, 15) is 4.79 Å². The summed E-state index contributed by atoms with van der Waals surface area (Å²) in [6, 6.07) is 7.57. The molecular formula is C19H18ClN3OS. The third-order valence-electron chi connectivity index (χ3n) is 5.40. The number of rotatable bonds is 3. The predicted octanol–water partition coefficient (Wildman–Crippen LogP) is 4.15. The number of hydrogen-bond donors (Lipinski definition) is 1. The van der Waals surface area contributed by atoms with Crippen LogP contribution in [0.4, 0.5) is 0 Å². The number of piperidine rings is 1. The van der Waals surface area contributed by atoms with Crippen molar-refractivity contribution < 1.29 is 0 Å². The van der Waals surface area contributed by atoms with Gasteiger partial charge in [-0.25, -0.2) is 4.98 Å². The van der Waals surface area contributed by atoms with Crippen molar-refractivity contribution >= 4 is 33.2 Å². The number of nitrogens with zero attached hydrogens (tertiary/aromatic N) is 2. The molecule has 1 saturated heterocycles. The Morgan fingerprint density at radius 2 is 2.12 bits per heavy atom. The quantitative estimate of drug-likeness (QED) is 0.752. The average molecular weight is 372 g/mol. The maximum Gasteiger partial charge on any atom is 0.260 e. The molecule has 3 heterocycles. The summed E-state index contributed by atoms with van der Waals surface area (Å²) in [4.78, 5) is 23.7. The molecule has 1 aliphatic heterocycles. The van der Waals surface area contributed by atoms with Gasteiger partial charge < -0.3 is 4.98 Å². The van der Waals surface area contributed by atoms with Gasteiger partial charge in [-0.05, 0) is 48.9 Å². The van der Waals surface area contributed by atoms with E-state index in [0.717, 1.165) is 53.3 Å². The van der Waals surface area contributed by atoms with Crippen LogP contribution in [0.25, 0.3) is 21.3 Å². The number of hydrogen-bond acceptors (Lipinski definition) is 4. The minimum absolute atomic E-state index is 0.0486. The molecule has 2 aromatic heterocycles.